The summed E-state index contributed by atoms with van der Waals surface area (Å²) in [6.45, 7) is 2.23. The lowest BCUT2D eigenvalue weighted by Crippen LogP contribution is -2.24. The zero-order chi connectivity index (χ0) is 11.5. The fourth-order valence-corrected chi connectivity index (χ4v) is 2.89. The van der Waals surface area contributed by atoms with Gasteiger partial charge in [-0.1, -0.05) is 31.4 Å². The van der Waals surface area contributed by atoms with E-state index in [9.17, 15) is 5.11 Å². The molecule has 0 saturated heterocycles. The van der Waals surface area contributed by atoms with Crippen molar-refractivity contribution in [2.75, 3.05) is 0 Å². The summed E-state index contributed by atoms with van der Waals surface area (Å²) in [5.41, 5.74) is 1.00. The minimum Gasteiger partial charge on any atom is -0.392 e. The summed E-state index contributed by atoms with van der Waals surface area (Å²) < 4.78 is 0. The van der Waals surface area contributed by atoms with E-state index in [0.29, 0.717) is 23.3 Å². The summed E-state index contributed by atoms with van der Waals surface area (Å²) in [4.78, 5) is 3.95. The number of hydrogen-bond acceptors (Lipinski definition) is 2. The van der Waals surface area contributed by atoms with E-state index in [-0.39, 0.29) is 6.10 Å². The first-order valence-electron chi connectivity index (χ1n) is 5.95. The van der Waals surface area contributed by atoms with Gasteiger partial charge in [0.1, 0.15) is 0 Å². The van der Waals surface area contributed by atoms with Gasteiger partial charge in [0.25, 0.3) is 0 Å². The van der Waals surface area contributed by atoms with Gasteiger partial charge in [-0.3, -0.25) is 4.98 Å². The Kier molecular flexibility index (Phi) is 3.82. The van der Waals surface area contributed by atoms with Crippen molar-refractivity contribution in [3.05, 3.63) is 29.0 Å². The molecule has 1 aliphatic carbocycles. The third kappa shape index (κ3) is 2.55. The molecule has 0 amide bonds. The third-order valence-corrected chi connectivity index (χ3v) is 4.05. The lowest BCUT2D eigenvalue weighted by Gasteiger charge is -2.22. The second-order valence-corrected chi connectivity index (χ2v) is 5.22. The number of nitrogens with zero attached hydrogens (tertiary/aromatic N) is 1. The molecule has 1 aromatic rings. The van der Waals surface area contributed by atoms with Gasteiger partial charge in [0.15, 0.2) is 0 Å². The molecule has 0 radical (unpaired) electrons. The van der Waals surface area contributed by atoms with E-state index in [1.54, 1.807) is 12.4 Å². The van der Waals surface area contributed by atoms with Crippen LogP contribution in [0.2, 0.25) is 5.02 Å². The molecular weight excluding hydrogens is 222 g/mol. The molecule has 1 N–H and O–H groups in total. The molecule has 16 heavy (non-hydrogen) atoms. The van der Waals surface area contributed by atoms with Crippen LogP contribution < -0.4 is 0 Å². The van der Waals surface area contributed by atoms with E-state index in [2.05, 4.69) is 11.9 Å². The molecule has 3 atom stereocenters. The highest BCUT2D eigenvalue weighted by Gasteiger charge is 2.29. The zero-order valence-corrected chi connectivity index (χ0v) is 10.3. The highest BCUT2D eigenvalue weighted by Crippen LogP contribution is 2.35. The van der Waals surface area contributed by atoms with Gasteiger partial charge in [-0.25, -0.2) is 0 Å². The van der Waals surface area contributed by atoms with Crippen molar-refractivity contribution in [1.82, 2.24) is 4.98 Å². The van der Waals surface area contributed by atoms with Crippen molar-refractivity contribution in [3.8, 4) is 0 Å². The summed E-state index contributed by atoms with van der Waals surface area (Å²) in [5.74, 6) is 1.07. The van der Waals surface area contributed by atoms with Crippen LogP contribution in [0.25, 0.3) is 0 Å². The average molecular weight is 240 g/mol. The first-order valence-corrected chi connectivity index (χ1v) is 6.32. The van der Waals surface area contributed by atoms with E-state index < -0.39 is 0 Å². The average Bonchev–Trinajstić information content (AvgIpc) is 2.68. The third-order valence-electron chi connectivity index (χ3n) is 3.71. The van der Waals surface area contributed by atoms with Gasteiger partial charge >= 0.3 is 0 Å². The topological polar surface area (TPSA) is 33.1 Å². The second-order valence-electron chi connectivity index (χ2n) is 4.81. The predicted molar refractivity (Wildman–Crippen MR) is 65.5 cm³/mol. The van der Waals surface area contributed by atoms with Crippen molar-refractivity contribution < 1.29 is 5.11 Å². The van der Waals surface area contributed by atoms with Gasteiger partial charge in [0.2, 0.25) is 0 Å². The van der Waals surface area contributed by atoms with Crippen LogP contribution in [0.15, 0.2) is 18.5 Å². The number of aromatic nitrogens is 1. The SMILES string of the molecule is CC1CCCC1C(O)Cc1ccncc1Cl. The van der Waals surface area contributed by atoms with Crippen molar-refractivity contribution in [1.29, 1.82) is 0 Å². The Morgan fingerprint density at radius 3 is 3.00 bits per heavy atom. The van der Waals surface area contributed by atoms with Crippen LogP contribution in [-0.2, 0) is 6.42 Å². The Morgan fingerprint density at radius 2 is 2.38 bits per heavy atom. The molecule has 3 unspecified atom stereocenters. The second kappa shape index (κ2) is 5.15. The highest BCUT2D eigenvalue weighted by atomic mass is 35.5. The first-order chi connectivity index (χ1) is 7.68. The Labute approximate surface area is 102 Å². The molecule has 0 bridgehead atoms. The van der Waals surface area contributed by atoms with Crippen LogP contribution in [0.3, 0.4) is 0 Å². The lowest BCUT2D eigenvalue weighted by atomic mass is 9.89. The lowest BCUT2D eigenvalue weighted by molar-refractivity contribution is 0.0902. The number of aliphatic hydroxyl groups is 1. The van der Waals surface area contributed by atoms with Crippen molar-refractivity contribution in [3.63, 3.8) is 0 Å². The molecular formula is C13H18ClNO. The number of halogens is 1. The van der Waals surface area contributed by atoms with Crippen molar-refractivity contribution in [2.24, 2.45) is 11.8 Å². The Hall–Kier alpha value is -0.600. The van der Waals surface area contributed by atoms with E-state index in [0.717, 1.165) is 12.0 Å². The van der Waals surface area contributed by atoms with E-state index in [1.807, 2.05) is 6.07 Å². The zero-order valence-electron chi connectivity index (χ0n) is 9.56. The van der Waals surface area contributed by atoms with Gasteiger partial charge in [0, 0.05) is 18.8 Å². The molecule has 0 aliphatic heterocycles. The minimum absolute atomic E-state index is 0.266. The fraction of sp³-hybridized carbons (Fsp3) is 0.615. The molecule has 2 nitrogen and oxygen atoms in total. The number of hydrogen-bond donors (Lipinski definition) is 1. The fourth-order valence-electron chi connectivity index (χ4n) is 2.69. The Balaban J connectivity index is 2.02. The summed E-state index contributed by atoms with van der Waals surface area (Å²) in [5, 5.41) is 10.9. The maximum absolute atomic E-state index is 10.2. The van der Waals surface area contributed by atoms with Crippen molar-refractivity contribution in [2.45, 2.75) is 38.7 Å². The van der Waals surface area contributed by atoms with Crippen LogP contribution in [0, 0.1) is 11.8 Å². The standard InChI is InChI=1S/C13H18ClNO/c1-9-3-2-4-11(9)13(16)7-10-5-6-15-8-12(10)14/h5-6,8-9,11,13,16H,2-4,7H2,1H3. The van der Waals surface area contributed by atoms with E-state index >= 15 is 0 Å². The van der Waals surface area contributed by atoms with Crippen LogP contribution in [0.1, 0.15) is 31.7 Å². The van der Waals surface area contributed by atoms with Gasteiger partial charge in [-0.15, -0.1) is 0 Å². The predicted octanol–water partition coefficient (Wildman–Crippen LogP) is 3.07. The molecule has 1 saturated carbocycles. The smallest absolute Gasteiger partial charge is 0.0622 e. The molecule has 3 heteroatoms. The summed E-state index contributed by atoms with van der Waals surface area (Å²) in [7, 11) is 0. The van der Waals surface area contributed by atoms with Crippen LogP contribution >= 0.6 is 11.6 Å². The largest absolute Gasteiger partial charge is 0.392 e. The number of pyridine rings is 1. The van der Waals surface area contributed by atoms with Crippen LogP contribution in [-0.4, -0.2) is 16.2 Å². The van der Waals surface area contributed by atoms with Gasteiger partial charge < -0.3 is 5.11 Å². The maximum Gasteiger partial charge on any atom is 0.0622 e. The number of rotatable bonds is 3. The van der Waals surface area contributed by atoms with Crippen LogP contribution in [0.4, 0.5) is 0 Å². The molecule has 1 heterocycles. The van der Waals surface area contributed by atoms with E-state index in [1.165, 1.54) is 12.8 Å². The molecule has 1 aliphatic rings. The van der Waals surface area contributed by atoms with Gasteiger partial charge in [-0.2, -0.15) is 0 Å². The quantitative estimate of drug-likeness (QED) is 0.880. The Morgan fingerprint density at radius 1 is 1.56 bits per heavy atom. The summed E-state index contributed by atoms with van der Waals surface area (Å²) in [6, 6.07) is 1.89. The van der Waals surface area contributed by atoms with E-state index in [4.69, 9.17) is 11.6 Å². The van der Waals surface area contributed by atoms with Crippen LogP contribution in [0.5, 0.6) is 0 Å². The monoisotopic (exact) mass is 239 g/mol. The molecule has 1 fully saturated rings. The Bertz CT molecular complexity index is 356. The normalized spacial score (nSPS) is 26.9. The van der Waals surface area contributed by atoms with Gasteiger partial charge in [0.05, 0.1) is 11.1 Å². The van der Waals surface area contributed by atoms with Crippen molar-refractivity contribution >= 4 is 11.6 Å². The highest BCUT2D eigenvalue weighted by molar-refractivity contribution is 6.31. The molecule has 0 spiro atoms. The summed E-state index contributed by atoms with van der Waals surface area (Å²) >= 11 is 6.04. The first kappa shape index (κ1) is 11.9. The molecule has 2 rings (SSSR count). The molecule has 1 aromatic heterocycles. The molecule has 0 aromatic carbocycles. The minimum atomic E-state index is -0.266. The summed E-state index contributed by atoms with van der Waals surface area (Å²) in [6.07, 6.45) is 7.38. The molecule has 88 valence electrons. The van der Waals surface area contributed by atoms with Gasteiger partial charge in [-0.05, 0) is 29.9 Å². The number of aliphatic hydroxyl groups excluding tert-OH is 1. The maximum atomic E-state index is 10.2.